The Balaban J connectivity index is 1.17. The number of amides is 4. The summed E-state index contributed by atoms with van der Waals surface area (Å²) in [7, 11) is -2.30. The number of nitrogens with one attached hydrogen (secondary N) is 2. The van der Waals surface area contributed by atoms with Crippen LogP contribution in [0.3, 0.4) is 0 Å². The Bertz CT molecular complexity index is 2040. The number of fused-ring (bicyclic) bond motifs is 4. The fourth-order valence-corrected chi connectivity index (χ4v) is 10.1. The number of carbonyl (C=O) groups is 5. The smallest absolute Gasteiger partial charge is 0.307 e. The standard InChI is InChI=1S/C43H54N4O9S/c1-42(2,3)56-36(48)22-30-11-8-6-5-7-9-14-32-23-43(32,41(52)45-57(53,54)34-19-20-34)44-38(49)37-35-26-46(24-31(35)25-47(37)40(30)51)39(50)29-13-10-12-28(21-29)27-15-17-33(55-4)18-16-27/h9-10,12-18,21,30-32,34-35,37H,5-8,11,19-20,22-26H2,1-4H3,(H,44,49)(H,45,52)/b14-9-/t30-,31-,32+,35-,37-,43+/m0/s1. The summed E-state index contributed by atoms with van der Waals surface area (Å²) in [5.74, 6) is -3.56. The number of likely N-dealkylation sites (tertiary alicyclic amines) is 1. The molecule has 4 fully saturated rings. The number of carbonyl (C=O) groups excluding carboxylic acids is 5. The minimum absolute atomic E-state index is 0.140. The zero-order chi connectivity index (χ0) is 40.7. The minimum atomic E-state index is -3.90. The number of benzene rings is 2. The van der Waals surface area contributed by atoms with Gasteiger partial charge in [-0.3, -0.25) is 28.7 Å². The molecule has 0 bridgehead atoms. The molecule has 0 radical (unpaired) electrons. The Hall–Kier alpha value is -4.72. The summed E-state index contributed by atoms with van der Waals surface area (Å²) in [6, 6.07) is 13.9. The van der Waals surface area contributed by atoms with E-state index in [9.17, 15) is 32.4 Å². The van der Waals surface area contributed by atoms with Crippen LogP contribution in [-0.2, 0) is 33.9 Å². The van der Waals surface area contributed by atoms with Crippen LogP contribution in [0.4, 0.5) is 0 Å². The molecule has 5 aliphatic rings. The molecule has 306 valence electrons. The summed E-state index contributed by atoms with van der Waals surface area (Å²) in [4.78, 5) is 73.8. The molecular weight excluding hydrogens is 749 g/mol. The fraction of sp³-hybridized carbons (Fsp3) is 0.558. The van der Waals surface area contributed by atoms with Gasteiger partial charge in [0.05, 0.1) is 18.8 Å². The molecule has 7 rings (SSSR count). The number of ether oxygens (including phenoxy) is 2. The van der Waals surface area contributed by atoms with Crippen molar-refractivity contribution in [2.75, 3.05) is 26.7 Å². The van der Waals surface area contributed by atoms with Gasteiger partial charge in [0.25, 0.3) is 11.8 Å². The maximum Gasteiger partial charge on any atom is 0.307 e. The van der Waals surface area contributed by atoms with Gasteiger partial charge >= 0.3 is 5.97 Å². The van der Waals surface area contributed by atoms with Gasteiger partial charge in [-0.25, -0.2) is 8.42 Å². The Labute approximate surface area is 334 Å². The predicted octanol–water partition coefficient (Wildman–Crippen LogP) is 4.61. The Kier molecular flexibility index (Phi) is 11.3. The molecule has 2 aromatic rings. The average Bonchev–Trinajstić information content (AvgIpc) is 4.07. The van der Waals surface area contributed by atoms with Crippen molar-refractivity contribution in [3.63, 3.8) is 0 Å². The van der Waals surface area contributed by atoms with Gasteiger partial charge in [0.1, 0.15) is 22.9 Å². The summed E-state index contributed by atoms with van der Waals surface area (Å²) >= 11 is 0. The van der Waals surface area contributed by atoms with Crippen molar-refractivity contribution in [3.05, 3.63) is 66.2 Å². The van der Waals surface area contributed by atoms with Crippen LogP contribution < -0.4 is 14.8 Å². The quantitative estimate of drug-likeness (QED) is 0.286. The maximum absolute atomic E-state index is 14.7. The van der Waals surface area contributed by atoms with Crippen LogP contribution in [0.5, 0.6) is 5.75 Å². The topological polar surface area (TPSA) is 168 Å². The number of allylic oxidation sites excluding steroid dienone is 1. The molecule has 0 spiro atoms. The predicted molar refractivity (Wildman–Crippen MR) is 212 cm³/mol. The number of nitrogens with zero attached hydrogens (tertiary/aromatic N) is 2. The first kappa shape index (κ1) is 40.5. The van der Waals surface area contributed by atoms with Gasteiger partial charge in [-0.2, -0.15) is 0 Å². The molecule has 0 aromatic heterocycles. The van der Waals surface area contributed by atoms with Crippen LogP contribution in [0, 0.1) is 23.7 Å². The van der Waals surface area contributed by atoms with E-state index in [-0.39, 0.29) is 43.7 Å². The van der Waals surface area contributed by atoms with E-state index < -0.39 is 68.0 Å². The first-order valence-corrected chi connectivity index (χ1v) is 21.7. The number of rotatable bonds is 8. The molecule has 3 heterocycles. The molecule has 13 nitrogen and oxygen atoms in total. The lowest BCUT2D eigenvalue weighted by Crippen LogP contribution is -2.58. The van der Waals surface area contributed by atoms with Crippen molar-refractivity contribution in [2.45, 2.75) is 101 Å². The Morgan fingerprint density at radius 2 is 1.70 bits per heavy atom. The van der Waals surface area contributed by atoms with Crippen LogP contribution in [0.15, 0.2) is 60.7 Å². The minimum Gasteiger partial charge on any atom is -0.497 e. The van der Waals surface area contributed by atoms with Crippen LogP contribution in [-0.4, -0.2) is 97.0 Å². The summed E-state index contributed by atoms with van der Waals surface area (Å²) in [6.45, 7) is 5.99. The molecule has 57 heavy (non-hydrogen) atoms. The zero-order valence-corrected chi connectivity index (χ0v) is 34.0. The summed E-state index contributed by atoms with van der Waals surface area (Å²) in [5.41, 5.74) is 0.0141. The van der Waals surface area contributed by atoms with Crippen molar-refractivity contribution in [2.24, 2.45) is 23.7 Å². The summed E-state index contributed by atoms with van der Waals surface area (Å²) in [6.07, 6.45) is 8.32. The number of hydrogen-bond acceptors (Lipinski definition) is 9. The van der Waals surface area contributed by atoms with Gasteiger partial charge in [-0.15, -0.1) is 0 Å². The number of sulfonamides is 1. The van der Waals surface area contributed by atoms with E-state index in [1.54, 1.807) is 43.7 Å². The zero-order valence-electron chi connectivity index (χ0n) is 33.2. The van der Waals surface area contributed by atoms with E-state index >= 15 is 0 Å². The van der Waals surface area contributed by atoms with E-state index in [0.29, 0.717) is 44.2 Å². The first-order chi connectivity index (χ1) is 27.1. The van der Waals surface area contributed by atoms with Crippen LogP contribution in [0.1, 0.15) is 88.9 Å². The second-order valence-corrected chi connectivity index (χ2v) is 19.3. The molecule has 2 aliphatic carbocycles. The number of methoxy groups -OCH3 is 1. The molecule has 2 saturated heterocycles. The second-order valence-electron chi connectivity index (χ2n) is 17.4. The van der Waals surface area contributed by atoms with Crippen LogP contribution >= 0.6 is 0 Å². The SMILES string of the molecule is COc1ccc(-c2cccc(C(=O)N3C[C@H]4CN5C(=O)[C@H](CC(=O)OC(C)(C)C)CCCCC/C=C\[C@@H]6C[C@@]6(C(=O)NS(=O)(=O)C6CC6)NC(=O)[C@@H]5[C@H]4C3)c2)cc1. The monoisotopic (exact) mass is 802 g/mol. The third-order valence-corrected chi connectivity index (χ3v) is 13.8. The molecule has 4 amide bonds. The highest BCUT2D eigenvalue weighted by Crippen LogP contribution is 2.47. The molecule has 2 aromatic carbocycles. The van der Waals surface area contributed by atoms with Gasteiger partial charge in [0.15, 0.2) is 0 Å². The lowest BCUT2D eigenvalue weighted by molar-refractivity contribution is -0.159. The van der Waals surface area contributed by atoms with Gasteiger partial charge < -0.3 is 24.6 Å². The van der Waals surface area contributed by atoms with Crippen molar-refractivity contribution >= 4 is 39.6 Å². The summed E-state index contributed by atoms with van der Waals surface area (Å²) < 4.78 is 39.0. The highest BCUT2D eigenvalue weighted by Gasteiger charge is 2.63. The highest BCUT2D eigenvalue weighted by molar-refractivity contribution is 7.91. The lowest BCUT2D eigenvalue weighted by Gasteiger charge is -2.33. The average molecular weight is 803 g/mol. The van der Waals surface area contributed by atoms with E-state index in [1.165, 1.54) is 0 Å². The largest absolute Gasteiger partial charge is 0.497 e. The first-order valence-electron chi connectivity index (χ1n) is 20.2. The van der Waals surface area contributed by atoms with E-state index in [1.807, 2.05) is 54.6 Å². The van der Waals surface area contributed by atoms with Crippen LogP contribution in [0.25, 0.3) is 11.1 Å². The molecule has 2 saturated carbocycles. The molecular formula is C43H54N4O9S. The van der Waals surface area contributed by atoms with Crippen LogP contribution in [0.2, 0.25) is 0 Å². The molecule has 2 N–H and O–H groups in total. The third-order valence-electron chi connectivity index (χ3n) is 12.0. The molecule has 14 heteroatoms. The Morgan fingerprint density at radius 1 is 0.947 bits per heavy atom. The van der Waals surface area contributed by atoms with E-state index in [2.05, 4.69) is 10.0 Å². The second kappa shape index (κ2) is 15.9. The van der Waals surface area contributed by atoms with Gasteiger partial charge in [0, 0.05) is 48.9 Å². The van der Waals surface area contributed by atoms with E-state index in [4.69, 9.17) is 9.47 Å². The van der Waals surface area contributed by atoms with Gasteiger partial charge in [-0.1, -0.05) is 49.3 Å². The molecule has 0 unspecified atom stereocenters. The normalized spacial score (nSPS) is 28.5. The van der Waals surface area contributed by atoms with Crippen molar-refractivity contribution in [1.82, 2.24) is 19.8 Å². The van der Waals surface area contributed by atoms with E-state index in [0.717, 1.165) is 29.7 Å². The third kappa shape index (κ3) is 8.90. The van der Waals surface area contributed by atoms with Gasteiger partial charge in [-0.05, 0) is 94.7 Å². The maximum atomic E-state index is 14.7. The lowest BCUT2D eigenvalue weighted by atomic mass is 9.92. The summed E-state index contributed by atoms with van der Waals surface area (Å²) in [5, 5.41) is 2.32. The van der Waals surface area contributed by atoms with Crippen molar-refractivity contribution in [1.29, 1.82) is 0 Å². The van der Waals surface area contributed by atoms with Crippen molar-refractivity contribution < 1.29 is 41.9 Å². The Morgan fingerprint density at radius 3 is 2.40 bits per heavy atom. The fourth-order valence-electron chi connectivity index (χ4n) is 8.75. The molecule has 6 atom stereocenters. The number of esters is 1. The number of hydrogen-bond donors (Lipinski definition) is 2. The van der Waals surface area contributed by atoms with Crippen molar-refractivity contribution in [3.8, 4) is 16.9 Å². The molecule has 3 aliphatic heterocycles. The van der Waals surface area contributed by atoms with Gasteiger partial charge in [0.2, 0.25) is 21.8 Å². The highest BCUT2D eigenvalue weighted by atomic mass is 32.2.